The lowest BCUT2D eigenvalue weighted by molar-refractivity contribution is 0.0187. The van der Waals surface area contributed by atoms with E-state index in [2.05, 4.69) is 15.4 Å². The Hall–Kier alpha value is -3.49. The molecular weight excluding hydrogens is 412 g/mol. The highest BCUT2D eigenvalue weighted by Crippen LogP contribution is 2.26. The lowest BCUT2D eigenvalue weighted by Gasteiger charge is -2.34. The maximum absolute atomic E-state index is 12.9. The molecule has 1 aromatic carbocycles. The third kappa shape index (κ3) is 6.03. The lowest BCUT2D eigenvalue weighted by Crippen LogP contribution is -2.42. The van der Waals surface area contributed by atoms with Crippen molar-refractivity contribution in [2.45, 2.75) is 45.3 Å². The van der Waals surface area contributed by atoms with E-state index in [0.717, 1.165) is 12.8 Å². The predicted octanol–water partition coefficient (Wildman–Crippen LogP) is 4.49. The number of methoxy groups -OCH3 is 1. The molecule has 0 bridgehead atoms. The van der Waals surface area contributed by atoms with Crippen LogP contribution in [0.25, 0.3) is 0 Å². The monoisotopic (exact) mass is 442 g/mol. The molecule has 32 heavy (non-hydrogen) atoms. The molecule has 0 atom stereocenters. The summed E-state index contributed by atoms with van der Waals surface area (Å²) in [6.07, 6.45) is 2.51. The molecule has 0 aliphatic carbocycles. The summed E-state index contributed by atoms with van der Waals surface area (Å²) >= 11 is 0. The van der Waals surface area contributed by atoms with Gasteiger partial charge in [-0.15, -0.1) is 0 Å². The standard InChI is InChI=1S/C23H30N4O5/c1-23(2,3)32-22(30)26-14-11-18(12-15-26)27-13-5-6-19(27)20(28)24-16-7-9-17(10-8-16)25-21(29)31-4/h5-10,13,18H,11-12,14-15H2,1-4H3,(H,24,28)(H,25,29). The van der Waals surface area contributed by atoms with E-state index in [-0.39, 0.29) is 18.0 Å². The van der Waals surface area contributed by atoms with Crippen molar-refractivity contribution in [1.82, 2.24) is 9.47 Å². The SMILES string of the molecule is COC(=O)Nc1ccc(NC(=O)c2cccn2C2CCN(C(=O)OC(C)(C)C)CC2)cc1. The molecule has 1 aliphatic rings. The third-order valence-corrected chi connectivity index (χ3v) is 5.10. The van der Waals surface area contributed by atoms with Gasteiger partial charge in [-0.2, -0.15) is 0 Å². The van der Waals surface area contributed by atoms with Crippen LogP contribution in [0, 0.1) is 0 Å². The van der Waals surface area contributed by atoms with Crippen LogP contribution in [0.3, 0.4) is 0 Å². The molecule has 1 aliphatic heterocycles. The van der Waals surface area contributed by atoms with Crippen molar-refractivity contribution in [2.24, 2.45) is 0 Å². The molecule has 1 aromatic heterocycles. The maximum atomic E-state index is 12.9. The van der Waals surface area contributed by atoms with E-state index in [9.17, 15) is 14.4 Å². The lowest BCUT2D eigenvalue weighted by atomic mass is 10.0. The summed E-state index contributed by atoms with van der Waals surface area (Å²) in [5.41, 5.74) is 1.21. The molecule has 172 valence electrons. The minimum absolute atomic E-state index is 0.121. The van der Waals surface area contributed by atoms with Gasteiger partial charge in [0.25, 0.3) is 5.91 Å². The van der Waals surface area contributed by atoms with Crippen LogP contribution in [0.15, 0.2) is 42.6 Å². The van der Waals surface area contributed by atoms with Gasteiger partial charge in [-0.1, -0.05) is 0 Å². The third-order valence-electron chi connectivity index (χ3n) is 5.10. The Kier molecular flexibility index (Phi) is 7.07. The number of hydrogen-bond acceptors (Lipinski definition) is 5. The number of ether oxygens (including phenoxy) is 2. The number of amides is 3. The molecule has 0 unspecified atom stereocenters. The second-order valence-electron chi connectivity index (χ2n) is 8.65. The summed E-state index contributed by atoms with van der Waals surface area (Å²) in [6, 6.07) is 10.5. The number of nitrogens with zero attached hydrogens (tertiary/aromatic N) is 2. The Bertz CT molecular complexity index is 954. The molecule has 2 aromatic rings. The number of piperidine rings is 1. The first-order chi connectivity index (χ1) is 15.2. The fourth-order valence-corrected chi connectivity index (χ4v) is 3.56. The Morgan fingerprint density at radius 2 is 1.56 bits per heavy atom. The van der Waals surface area contributed by atoms with E-state index in [1.165, 1.54) is 7.11 Å². The van der Waals surface area contributed by atoms with Crippen molar-refractivity contribution < 1.29 is 23.9 Å². The quantitative estimate of drug-likeness (QED) is 0.726. The topological polar surface area (TPSA) is 102 Å². The molecule has 3 amide bonds. The first-order valence-corrected chi connectivity index (χ1v) is 10.6. The largest absolute Gasteiger partial charge is 0.453 e. The molecule has 9 nitrogen and oxygen atoms in total. The zero-order valence-electron chi connectivity index (χ0n) is 18.9. The first-order valence-electron chi connectivity index (χ1n) is 10.6. The van der Waals surface area contributed by atoms with Gasteiger partial charge in [-0.3, -0.25) is 10.1 Å². The fourth-order valence-electron chi connectivity index (χ4n) is 3.56. The first kappa shape index (κ1) is 23.2. The Morgan fingerprint density at radius 1 is 0.969 bits per heavy atom. The van der Waals surface area contributed by atoms with Crippen molar-refractivity contribution in [2.75, 3.05) is 30.8 Å². The van der Waals surface area contributed by atoms with Gasteiger partial charge < -0.3 is 24.3 Å². The Morgan fingerprint density at radius 3 is 2.12 bits per heavy atom. The number of rotatable bonds is 4. The molecule has 0 saturated carbocycles. The summed E-state index contributed by atoms with van der Waals surface area (Å²) in [5, 5.41) is 5.44. The van der Waals surface area contributed by atoms with Crippen LogP contribution in [-0.2, 0) is 9.47 Å². The number of likely N-dealkylation sites (tertiary alicyclic amines) is 1. The summed E-state index contributed by atoms with van der Waals surface area (Å²) in [7, 11) is 1.29. The van der Waals surface area contributed by atoms with Crippen LogP contribution in [0.4, 0.5) is 21.0 Å². The fraction of sp³-hybridized carbons (Fsp3) is 0.435. The molecule has 0 spiro atoms. The van der Waals surface area contributed by atoms with Crippen LogP contribution in [0.2, 0.25) is 0 Å². The van der Waals surface area contributed by atoms with E-state index in [4.69, 9.17) is 4.74 Å². The van der Waals surface area contributed by atoms with Crippen LogP contribution in [0.1, 0.15) is 50.1 Å². The second-order valence-corrected chi connectivity index (χ2v) is 8.65. The zero-order chi connectivity index (χ0) is 23.3. The van der Waals surface area contributed by atoms with Crippen molar-refractivity contribution in [3.63, 3.8) is 0 Å². The number of nitrogens with one attached hydrogen (secondary N) is 2. The van der Waals surface area contributed by atoms with Gasteiger partial charge in [0, 0.05) is 36.7 Å². The summed E-state index contributed by atoms with van der Waals surface area (Å²) < 4.78 is 12.0. The highest BCUT2D eigenvalue weighted by molar-refractivity contribution is 6.03. The van der Waals surface area contributed by atoms with Crippen LogP contribution >= 0.6 is 0 Å². The van der Waals surface area contributed by atoms with E-state index >= 15 is 0 Å². The highest BCUT2D eigenvalue weighted by atomic mass is 16.6. The molecule has 2 N–H and O–H groups in total. The number of anilines is 2. The van der Waals surface area contributed by atoms with Gasteiger partial charge in [0.1, 0.15) is 11.3 Å². The van der Waals surface area contributed by atoms with Crippen molar-refractivity contribution in [3.8, 4) is 0 Å². The molecular formula is C23H30N4O5. The maximum Gasteiger partial charge on any atom is 0.411 e. The van der Waals surface area contributed by atoms with Crippen LogP contribution < -0.4 is 10.6 Å². The average molecular weight is 443 g/mol. The van der Waals surface area contributed by atoms with E-state index in [1.807, 2.05) is 37.6 Å². The molecule has 3 rings (SSSR count). The minimum atomic E-state index is -0.558. The van der Waals surface area contributed by atoms with Gasteiger partial charge in [-0.25, -0.2) is 9.59 Å². The van der Waals surface area contributed by atoms with Crippen LogP contribution in [0.5, 0.6) is 0 Å². The smallest absolute Gasteiger partial charge is 0.411 e. The predicted molar refractivity (Wildman–Crippen MR) is 121 cm³/mol. The van der Waals surface area contributed by atoms with Crippen molar-refractivity contribution >= 4 is 29.5 Å². The normalized spacial score (nSPS) is 14.6. The average Bonchev–Trinajstić information content (AvgIpc) is 3.24. The van der Waals surface area contributed by atoms with Gasteiger partial charge in [0.15, 0.2) is 0 Å². The molecule has 2 heterocycles. The van der Waals surface area contributed by atoms with E-state index in [1.54, 1.807) is 35.2 Å². The number of hydrogen-bond donors (Lipinski definition) is 2. The molecule has 1 fully saturated rings. The van der Waals surface area contributed by atoms with Gasteiger partial charge >= 0.3 is 12.2 Å². The Balaban J connectivity index is 1.59. The van der Waals surface area contributed by atoms with E-state index < -0.39 is 11.7 Å². The minimum Gasteiger partial charge on any atom is -0.453 e. The number of carbonyl (C=O) groups excluding carboxylic acids is 3. The summed E-state index contributed by atoms with van der Waals surface area (Å²) in [4.78, 5) is 38.1. The zero-order valence-corrected chi connectivity index (χ0v) is 18.9. The second kappa shape index (κ2) is 9.76. The van der Waals surface area contributed by atoms with Gasteiger partial charge in [0.2, 0.25) is 0 Å². The van der Waals surface area contributed by atoms with Gasteiger partial charge in [-0.05, 0) is 70.0 Å². The highest BCUT2D eigenvalue weighted by Gasteiger charge is 2.28. The summed E-state index contributed by atoms with van der Waals surface area (Å²) in [5.74, 6) is -0.224. The molecule has 1 saturated heterocycles. The Labute approximate surface area is 187 Å². The number of aromatic nitrogens is 1. The summed E-state index contributed by atoms with van der Waals surface area (Å²) in [6.45, 7) is 6.71. The van der Waals surface area contributed by atoms with Crippen molar-refractivity contribution in [3.05, 3.63) is 48.3 Å². The van der Waals surface area contributed by atoms with E-state index in [0.29, 0.717) is 30.2 Å². The molecule has 9 heteroatoms. The number of carbonyl (C=O) groups is 3. The molecule has 0 radical (unpaired) electrons. The van der Waals surface area contributed by atoms with Gasteiger partial charge in [0.05, 0.1) is 7.11 Å². The number of benzene rings is 1. The van der Waals surface area contributed by atoms with Crippen LogP contribution in [-0.4, -0.2) is 53.4 Å². The van der Waals surface area contributed by atoms with Crippen molar-refractivity contribution in [1.29, 1.82) is 0 Å².